The van der Waals surface area contributed by atoms with Crippen LogP contribution in [-0.4, -0.2) is 59.8 Å². The number of carbonyl (C=O) groups excluding carboxylic acids is 3. The smallest absolute Gasteiger partial charge is 0.343 e. The van der Waals surface area contributed by atoms with Gasteiger partial charge in [0.1, 0.15) is 18.0 Å². The average molecular weight is 569 g/mol. The number of nitrogens with zero attached hydrogens (tertiary/aromatic N) is 2. The van der Waals surface area contributed by atoms with Gasteiger partial charge in [-0.05, 0) is 66.2 Å². The number of ether oxygens (including phenoxy) is 3. The first kappa shape index (κ1) is 29.6. The Morgan fingerprint density at radius 2 is 1.65 bits per heavy atom. The first-order valence-corrected chi connectivity index (χ1v) is 13.2. The molecule has 0 saturated heterocycles. The predicted molar refractivity (Wildman–Crippen MR) is 148 cm³/mol. The highest BCUT2D eigenvalue weighted by Crippen LogP contribution is 2.26. The molecular formula is C27H28N4O8S. The maximum atomic E-state index is 13.6. The van der Waals surface area contributed by atoms with Gasteiger partial charge in [0, 0.05) is 12.6 Å². The largest absolute Gasteiger partial charge is 0.497 e. The minimum absolute atomic E-state index is 0.0857. The lowest BCUT2D eigenvalue weighted by Crippen LogP contribution is -2.39. The highest BCUT2D eigenvalue weighted by Gasteiger charge is 2.27. The lowest BCUT2D eigenvalue weighted by atomic mass is 10.2. The van der Waals surface area contributed by atoms with E-state index in [4.69, 9.17) is 9.47 Å². The molecule has 12 nitrogen and oxygen atoms in total. The monoisotopic (exact) mass is 568 g/mol. The van der Waals surface area contributed by atoms with Crippen LogP contribution in [0.15, 0.2) is 82.8 Å². The Kier molecular flexibility index (Phi) is 10.2. The molecule has 0 aliphatic carbocycles. The van der Waals surface area contributed by atoms with Crippen LogP contribution < -0.4 is 24.5 Å². The molecular weight excluding hydrogens is 540 g/mol. The second kappa shape index (κ2) is 13.8. The van der Waals surface area contributed by atoms with Gasteiger partial charge in [-0.25, -0.2) is 18.6 Å². The van der Waals surface area contributed by atoms with E-state index in [0.29, 0.717) is 22.7 Å². The number of benzene rings is 3. The van der Waals surface area contributed by atoms with Gasteiger partial charge in [-0.1, -0.05) is 12.1 Å². The summed E-state index contributed by atoms with van der Waals surface area (Å²) >= 11 is 0. The summed E-state index contributed by atoms with van der Waals surface area (Å²) in [5.74, 6) is -0.641. The van der Waals surface area contributed by atoms with Crippen LogP contribution in [-0.2, 0) is 29.1 Å². The van der Waals surface area contributed by atoms with E-state index < -0.39 is 28.4 Å². The fourth-order valence-electron chi connectivity index (χ4n) is 3.33. The number of methoxy groups -OCH3 is 2. The van der Waals surface area contributed by atoms with Crippen LogP contribution in [0.4, 0.5) is 11.4 Å². The van der Waals surface area contributed by atoms with Gasteiger partial charge in [-0.15, -0.1) is 0 Å². The molecule has 0 unspecified atom stereocenters. The molecule has 0 aliphatic heterocycles. The van der Waals surface area contributed by atoms with Gasteiger partial charge in [0.2, 0.25) is 5.91 Å². The Balaban J connectivity index is 1.77. The fourth-order valence-corrected chi connectivity index (χ4v) is 4.76. The first-order chi connectivity index (χ1) is 19.1. The summed E-state index contributed by atoms with van der Waals surface area (Å²) < 4.78 is 43.1. The van der Waals surface area contributed by atoms with Crippen LogP contribution in [0.25, 0.3) is 0 Å². The number of esters is 1. The van der Waals surface area contributed by atoms with Crippen LogP contribution in [0.2, 0.25) is 0 Å². The Morgan fingerprint density at radius 3 is 2.27 bits per heavy atom. The maximum absolute atomic E-state index is 13.6. The normalized spacial score (nSPS) is 11.0. The highest BCUT2D eigenvalue weighted by molar-refractivity contribution is 7.92. The molecule has 13 heteroatoms. The van der Waals surface area contributed by atoms with Gasteiger partial charge in [-0.2, -0.15) is 5.10 Å². The van der Waals surface area contributed by atoms with Crippen molar-refractivity contribution in [1.82, 2.24) is 5.43 Å². The van der Waals surface area contributed by atoms with Crippen molar-refractivity contribution in [2.75, 3.05) is 37.0 Å². The minimum Gasteiger partial charge on any atom is -0.497 e. The zero-order chi connectivity index (χ0) is 29.1. The Labute approximate surface area is 231 Å². The fraction of sp³-hybridized carbons (Fsp3) is 0.185. The maximum Gasteiger partial charge on any atom is 0.343 e. The molecule has 0 spiro atoms. The lowest BCUT2D eigenvalue weighted by Gasteiger charge is -2.24. The SMILES string of the molecule is COC(=O)COc1cccc(/C=N\NC(=O)CN(c2ccc(OC)cc2)S(=O)(=O)c2ccc(NC(C)=O)cc2)c1. The summed E-state index contributed by atoms with van der Waals surface area (Å²) in [6.07, 6.45) is 1.34. The third kappa shape index (κ3) is 8.30. The van der Waals surface area contributed by atoms with Crippen molar-refractivity contribution in [3.05, 3.63) is 78.4 Å². The van der Waals surface area contributed by atoms with E-state index in [0.717, 1.165) is 4.31 Å². The number of rotatable bonds is 12. The molecule has 0 fully saturated rings. The van der Waals surface area contributed by atoms with E-state index in [2.05, 4.69) is 20.6 Å². The van der Waals surface area contributed by atoms with E-state index in [1.807, 2.05) is 0 Å². The molecule has 40 heavy (non-hydrogen) atoms. The van der Waals surface area contributed by atoms with Crippen molar-refractivity contribution in [3.8, 4) is 11.5 Å². The van der Waals surface area contributed by atoms with Crippen molar-refractivity contribution in [1.29, 1.82) is 0 Å². The zero-order valence-corrected chi connectivity index (χ0v) is 22.8. The second-order valence-corrected chi connectivity index (χ2v) is 10.0. The summed E-state index contributed by atoms with van der Waals surface area (Å²) in [6.45, 7) is 0.494. The third-order valence-electron chi connectivity index (χ3n) is 5.26. The zero-order valence-electron chi connectivity index (χ0n) is 22.0. The van der Waals surface area contributed by atoms with Crippen molar-refractivity contribution in [2.24, 2.45) is 5.10 Å². The Morgan fingerprint density at radius 1 is 0.950 bits per heavy atom. The Bertz CT molecular complexity index is 1470. The molecule has 3 aromatic carbocycles. The van der Waals surface area contributed by atoms with Gasteiger partial charge < -0.3 is 19.5 Å². The topological polar surface area (TPSA) is 153 Å². The van der Waals surface area contributed by atoms with E-state index in [1.165, 1.54) is 63.8 Å². The molecule has 210 valence electrons. The molecule has 0 heterocycles. The molecule has 3 aromatic rings. The number of hydrogen-bond acceptors (Lipinski definition) is 9. The number of hydrazone groups is 1. The molecule has 0 aliphatic rings. The average Bonchev–Trinajstić information content (AvgIpc) is 2.95. The summed E-state index contributed by atoms with van der Waals surface area (Å²) in [6, 6.07) is 18.3. The molecule has 0 atom stereocenters. The van der Waals surface area contributed by atoms with E-state index in [-0.39, 0.29) is 23.1 Å². The number of carbonyl (C=O) groups is 3. The van der Waals surface area contributed by atoms with Crippen molar-refractivity contribution < 1.29 is 37.0 Å². The molecule has 3 rings (SSSR count). The summed E-state index contributed by atoms with van der Waals surface area (Å²) in [5.41, 5.74) is 3.53. The van der Waals surface area contributed by atoms with Crippen LogP contribution in [0, 0.1) is 0 Å². The molecule has 0 radical (unpaired) electrons. The van der Waals surface area contributed by atoms with E-state index in [9.17, 15) is 22.8 Å². The number of nitrogens with one attached hydrogen (secondary N) is 2. The summed E-state index contributed by atoms with van der Waals surface area (Å²) in [7, 11) is -1.47. The number of hydrogen-bond donors (Lipinski definition) is 2. The van der Waals surface area contributed by atoms with Crippen LogP contribution in [0.1, 0.15) is 12.5 Å². The number of amides is 2. The van der Waals surface area contributed by atoms with Gasteiger partial charge >= 0.3 is 5.97 Å². The number of anilines is 2. The van der Waals surface area contributed by atoms with Crippen molar-refractivity contribution in [2.45, 2.75) is 11.8 Å². The Hall–Kier alpha value is -4.91. The van der Waals surface area contributed by atoms with Crippen LogP contribution in [0.3, 0.4) is 0 Å². The molecule has 0 aromatic heterocycles. The van der Waals surface area contributed by atoms with Crippen molar-refractivity contribution in [3.63, 3.8) is 0 Å². The van der Waals surface area contributed by atoms with Gasteiger partial charge in [0.25, 0.3) is 15.9 Å². The van der Waals surface area contributed by atoms with Crippen LogP contribution in [0.5, 0.6) is 11.5 Å². The quantitative estimate of drug-likeness (QED) is 0.192. The minimum atomic E-state index is -4.20. The van der Waals surface area contributed by atoms with E-state index in [1.54, 1.807) is 36.4 Å². The van der Waals surface area contributed by atoms with Crippen LogP contribution >= 0.6 is 0 Å². The van der Waals surface area contributed by atoms with Crippen molar-refractivity contribution >= 4 is 45.4 Å². The van der Waals surface area contributed by atoms with Gasteiger partial charge in [0.05, 0.1) is 31.0 Å². The first-order valence-electron chi connectivity index (χ1n) is 11.8. The predicted octanol–water partition coefficient (Wildman–Crippen LogP) is 2.55. The highest BCUT2D eigenvalue weighted by atomic mass is 32.2. The standard InChI is InChI=1S/C27H28N4O8S/c1-19(32)29-21-7-13-25(14-8-21)40(35,36)31(22-9-11-23(37-2)12-10-22)17-26(33)30-28-16-20-5-4-6-24(15-20)39-18-27(34)38-3/h4-16H,17-18H2,1-3H3,(H,29,32)(H,30,33)/b28-16-. The van der Waals surface area contributed by atoms with E-state index >= 15 is 0 Å². The summed E-state index contributed by atoms with van der Waals surface area (Å²) in [5, 5.41) is 6.48. The second-order valence-electron chi connectivity index (χ2n) is 8.15. The summed E-state index contributed by atoms with van der Waals surface area (Å²) in [4.78, 5) is 35.3. The number of sulfonamides is 1. The van der Waals surface area contributed by atoms with Gasteiger partial charge in [-0.3, -0.25) is 13.9 Å². The lowest BCUT2D eigenvalue weighted by molar-refractivity contribution is -0.142. The molecule has 2 N–H and O–H groups in total. The molecule has 2 amide bonds. The molecule has 0 bridgehead atoms. The third-order valence-corrected chi connectivity index (χ3v) is 7.04. The van der Waals surface area contributed by atoms with Gasteiger partial charge in [0.15, 0.2) is 6.61 Å². The molecule has 0 saturated carbocycles.